The molecule has 2 aromatic carbocycles. The van der Waals surface area contributed by atoms with E-state index in [4.69, 9.17) is 0 Å². The van der Waals surface area contributed by atoms with Crippen LogP contribution in [0.5, 0.6) is 0 Å². The second kappa shape index (κ2) is 6.64. The highest BCUT2D eigenvalue weighted by Crippen LogP contribution is 2.29. The van der Waals surface area contributed by atoms with Gasteiger partial charge in [0.2, 0.25) is 5.91 Å². The van der Waals surface area contributed by atoms with Crippen molar-refractivity contribution in [2.45, 2.75) is 13.8 Å². The summed E-state index contributed by atoms with van der Waals surface area (Å²) in [5, 5.41) is 10.8. The van der Waals surface area contributed by atoms with Crippen molar-refractivity contribution >= 4 is 22.6 Å². The Labute approximate surface area is 155 Å². The minimum absolute atomic E-state index is 0.112. The number of carbonyl (C=O) groups excluding carboxylic acids is 1. The fourth-order valence-electron chi connectivity index (χ4n) is 2.95. The molecule has 0 atom stereocenters. The number of anilines is 1. The highest BCUT2D eigenvalue weighted by molar-refractivity contribution is 5.92. The van der Waals surface area contributed by atoms with E-state index < -0.39 is 0 Å². The van der Waals surface area contributed by atoms with E-state index in [2.05, 4.69) is 20.5 Å². The summed E-state index contributed by atoms with van der Waals surface area (Å²) in [4.78, 5) is 15.7. The third-order valence-electron chi connectivity index (χ3n) is 4.38. The van der Waals surface area contributed by atoms with Crippen LogP contribution in [0.4, 0.5) is 10.1 Å². The lowest BCUT2D eigenvalue weighted by Crippen LogP contribution is -2.05. The molecule has 5 nitrogen and oxygen atoms in total. The number of aromatic nitrogens is 3. The van der Waals surface area contributed by atoms with Crippen LogP contribution in [-0.4, -0.2) is 21.1 Å². The Morgan fingerprint density at radius 3 is 2.48 bits per heavy atom. The Hall–Kier alpha value is -3.54. The van der Waals surface area contributed by atoms with Gasteiger partial charge in [0.25, 0.3) is 0 Å². The average Bonchev–Trinajstić information content (AvgIpc) is 3.07. The SMILES string of the molecule is CC(=O)Nc1ccc(-c2ccc3c(-c4ccc(C)c(F)c4)[nH]nc3n2)cc1. The molecule has 0 bridgehead atoms. The van der Waals surface area contributed by atoms with E-state index in [0.29, 0.717) is 11.2 Å². The molecule has 1 amide bonds. The molecule has 27 heavy (non-hydrogen) atoms. The summed E-state index contributed by atoms with van der Waals surface area (Å²) in [6.45, 7) is 3.20. The maximum atomic E-state index is 13.9. The van der Waals surface area contributed by atoms with Crippen LogP contribution in [0.3, 0.4) is 0 Å². The normalized spacial score (nSPS) is 10.9. The second-order valence-electron chi connectivity index (χ2n) is 6.39. The zero-order valence-electron chi connectivity index (χ0n) is 14.9. The number of hydrogen-bond acceptors (Lipinski definition) is 3. The van der Waals surface area contributed by atoms with Crippen molar-refractivity contribution in [1.29, 1.82) is 0 Å². The van der Waals surface area contributed by atoms with Crippen LogP contribution in [-0.2, 0) is 4.79 Å². The van der Waals surface area contributed by atoms with Crippen molar-refractivity contribution in [3.8, 4) is 22.5 Å². The third kappa shape index (κ3) is 3.29. The molecular weight excluding hydrogens is 343 g/mol. The van der Waals surface area contributed by atoms with E-state index >= 15 is 0 Å². The Morgan fingerprint density at radius 1 is 1.04 bits per heavy atom. The number of nitrogens with one attached hydrogen (secondary N) is 2. The maximum absolute atomic E-state index is 13.9. The topological polar surface area (TPSA) is 70.7 Å². The van der Waals surface area contributed by atoms with Crippen molar-refractivity contribution in [2.24, 2.45) is 0 Å². The molecule has 0 aliphatic carbocycles. The Kier molecular flexibility index (Phi) is 4.16. The van der Waals surface area contributed by atoms with Gasteiger partial charge in [0.15, 0.2) is 5.65 Å². The molecule has 0 aliphatic heterocycles. The van der Waals surface area contributed by atoms with Gasteiger partial charge in [0, 0.05) is 29.1 Å². The Morgan fingerprint density at radius 2 is 1.78 bits per heavy atom. The molecule has 0 aliphatic rings. The van der Waals surface area contributed by atoms with Gasteiger partial charge in [-0.3, -0.25) is 9.89 Å². The van der Waals surface area contributed by atoms with E-state index in [0.717, 1.165) is 33.6 Å². The molecule has 2 aromatic heterocycles. The number of fused-ring (bicyclic) bond motifs is 1. The largest absolute Gasteiger partial charge is 0.326 e. The number of H-pyrrole nitrogens is 1. The molecule has 2 N–H and O–H groups in total. The van der Waals surface area contributed by atoms with Gasteiger partial charge in [-0.25, -0.2) is 9.37 Å². The van der Waals surface area contributed by atoms with Gasteiger partial charge in [-0.15, -0.1) is 0 Å². The number of hydrogen-bond donors (Lipinski definition) is 2. The maximum Gasteiger partial charge on any atom is 0.221 e. The van der Waals surface area contributed by atoms with Gasteiger partial charge in [-0.1, -0.05) is 24.3 Å². The molecule has 0 saturated heterocycles. The summed E-state index contributed by atoms with van der Waals surface area (Å²) < 4.78 is 13.9. The van der Waals surface area contributed by atoms with Crippen LogP contribution in [0.15, 0.2) is 54.6 Å². The van der Waals surface area contributed by atoms with E-state index in [1.54, 1.807) is 13.0 Å². The highest BCUT2D eigenvalue weighted by Gasteiger charge is 2.12. The van der Waals surface area contributed by atoms with Gasteiger partial charge in [-0.2, -0.15) is 5.10 Å². The predicted octanol–water partition coefficient (Wildman–Crippen LogP) is 4.70. The highest BCUT2D eigenvalue weighted by atomic mass is 19.1. The minimum Gasteiger partial charge on any atom is -0.326 e. The number of rotatable bonds is 3. The lowest BCUT2D eigenvalue weighted by Gasteiger charge is -2.05. The number of carbonyl (C=O) groups is 1. The zero-order valence-corrected chi connectivity index (χ0v) is 14.9. The number of halogens is 1. The Bertz CT molecular complexity index is 1150. The van der Waals surface area contributed by atoms with Crippen molar-refractivity contribution in [3.63, 3.8) is 0 Å². The first kappa shape index (κ1) is 16.9. The van der Waals surface area contributed by atoms with Crippen LogP contribution < -0.4 is 5.32 Å². The molecule has 0 fully saturated rings. The average molecular weight is 360 g/mol. The fourth-order valence-corrected chi connectivity index (χ4v) is 2.95. The van der Waals surface area contributed by atoms with E-state index in [1.165, 1.54) is 13.0 Å². The van der Waals surface area contributed by atoms with E-state index in [1.807, 2.05) is 42.5 Å². The lowest BCUT2D eigenvalue weighted by molar-refractivity contribution is -0.114. The van der Waals surface area contributed by atoms with Gasteiger partial charge >= 0.3 is 0 Å². The van der Waals surface area contributed by atoms with Gasteiger partial charge in [0.05, 0.1) is 11.4 Å². The van der Waals surface area contributed by atoms with Crippen LogP contribution in [0.2, 0.25) is 0 Å². The number of aromatic amines is 1. The summed E-state index contributed by atoms with van der Waals surface area (Å²) in [5.41, 5.74) is 5.05. The first-order chi connectivity index (χ1) is 13.0. The summed E-state index contributed by atoms with van der Waals surface area (Å²) in [6, 6.07) is 16.4. The molecule has 0 saturated carbocycles. The fraction of sp³-hybridized carbons (Fsp3) is 0.0952. The lowest BCUT2D eigenvalue weighted by atomic mass is 10.1. The first-order valence-corrected chi connectivity index (χ1v) is 8.51. The van der Waals surface area contributed by atoms with Crippen LogP contribution in [0.1, 0.15) is 12.5 Å². The van der Waals surface area contributed by atoms with Crippen molar-refractivity contribution < 1.29 is 9.18 Å². The van der Waals surface area contributed by atoms with Crippen LogP contribution >= 0.6 is 0 Å². The number of amides is 1. The number of pyridine rings is 1. The molecule has 6 heteroatoms. The molecule has 4 aromatic rings. The first-order valence-electron chi connectivity index (χ1n) is 8.51. The third-order valence-corrected chi connectivity index (χ3v) is 4.38. The summed E-state index contributed by atoms with van der Waals surface area (Å²) >= 11 is 0. The molecular formula is C21H17FN4O. The minimum atomic E-state index is -0.251. The molecule has 2 heterocycles. The number of benzene rings is 2. The van der Waals surface area contributed by atoms with E-state index in [-0.39, 0.29) is 11.7 Å². The summed E-state index contributed by atoms with van der Waals surface area (Å²) in [5.74, 6) is -0.363. The number of aryl methyl sites for hydroxylation is 1. The summed E-state index contributed by atoms with van der Waals surface area (Å²) in [6.07, 6.45) is 0. The molecule has 134 valence electrons. The second-order valence-corrected chi connectivity index (χ2v) is 6.39. The quantitative estimate of drug-likeness (QED) is 0.556. The van der Waals surface area contributed by atoms with Crippen molar-refractivity contribution in [1.82, 2.24) is 15.2 Å². The standard InChI is InChI=1S/C21H17FN4O/c1-12-3-4-15(11-18(12)22)20-17-9-10-19(24-21(17)26-25-20)14-5-7-16(8-6-14)23-13(2)27/h3-11H,1-2H3,(H,23,27)(H,24,25,26). The van der Waals surface area contributed by atoms with Crippen LogP contribution in [0, 0.1) is 12.7 Å². The summed E-state index contributed by atoms with van der Waals surface area (Å²) in [7, 11) is 0. The molecule has 4 rings (SSSR count). The monoisotopic (exact) mass is 360 g/mol. The zero-order chi connectivity index (χ0) is 19.0. The van der Waals surface area contributed by atoms with Crippen molar-refractivity contribution in [3.05, 3.63) is 66.0 Å². The van der Waals surface area contributed by atoms with Crippen molar-refractivity contribution in [2.75, 3.05) is 5.32 Å². The Balaban J connectivity index is 1.69. The molecule has 0 unspecified atom stereocenters. The van der Waals surface area contributed by atoms with Gasteiger partial charge in [0.1, 0.15) is 5.82 Å². The molecule has 0 spiro atoms. The van der Waals surface area contributed by atoms with Gasteiger partial charge in [-0.05, 0) is 42.8 Å². The number of nitrogens with zero attached hydrogens (tertiary/aromatic N) is 2. The van der Waals surface area contributed by atoms with Gasteiger partial charge < -0.3 is 5.32 Å². The molecule has 0 radical (unpaired) electrons. The van der Waals surface area contributed by atoms with Crippen LogP contribution in [0.25, 0.3) is 33.5 Å². The smallest absolute Gasteiger partial charge is 0.221 e. The predicted molar refractivity (Wildman–Crippen MR) is 104 cm³/mol. The van der Waals surface area contributed by atoms with E-state index in [9.17, 15) is 9.18 Å².